The highest BCUT2D eigenvalue weighted by Gasteiger charge is 2.33. The van der Waals surface area contributed by atoms with Crippen molar-refractivity contribution in [2.45, 2.75) is 63.9 Å². The average molecular weight is 542 g/mol. The zero-order valence-electron chi connectivity index (χ0n) is 22.0. The third-order valence-corrected chi connectivity index (χ3v) is 6.41. The number of nitrogens with zero attached hydrogens (tertiary/aromatic N) is 1. The van der Waals surface area contributed by atoms with Gasteiger partial charge in [-0.3, -0.25) is 14.4 Å². The Balaban J connectivity index is 1.78. The van der Waals surface area contributed by atoms with E-state index in [1.165, 1.54) is 19.4 Å². The number of carbonyl (C=O) groups is 4. The molecule has 0 bridgehead atoms. The van der Waals surface area contributed by atoms with Crippen molar-refractivity contribution in [3.8, 4) is 0 Å². The number of H-pyrrole nitrogens is 2. The number of amides is 3. The molecule has 1 aromatic carbocycles. The molecule has 3 rings (SSSR count). The highest BCUT2D eigenvalue weighted by molar-refractivity contribution is 5.94. The number of carboxylic acids is 1. The van der Waals surface area contributed by atoms with E-state index in [0.29, 0.717) is 11.3 Å². The summed E-state index contributed by atoms with van der Waals surface area (Å²) in [6.07, 6.45) is 3.18. The van der Waals surface area contributed by atoms with Gasteiger partial charge in [0.15, 0.2) is 0 Å². The predicted molar refractivity (Wildman–Crippen MR) is 142 cm³/mol. The van der Waals surface area contributed by atoms with E-state index in [-0.39, 0.29) is 18.8 Å². The van der Waals surface area contributed by atoms with Crippen LogP contribution < -0.4 is 21.7 Å². The lowest BCUT2D eigenvalue weighted by Gasteiger charge is -2.27. The molecule has 2 aromatic heterocycles. The van der Waals surface area contributed by atoms with E-state index in [1.807, 2.05) is 24.3 Å². The molecule has 5 unspecified atom stereocenters. The van der Waals surface area contributed by atoms with E-state index in [9.17, 15) is 29.4 Å². The molecule has 9 N–H and O–H groups in total. The van der Waals surface area contributed by atoms with Gasteiger partial charge in [-0.25, -0.2) is 9.78 Å². The molecule has 13 heteroatoms. The zero-order valence-corrected chi connectivity index (χ0v) is 22.0. The third-order valence-electron chi connectivity index (χ3n) is 6.41. The lowest BCUT2D eigenvalue weighted by atomic mass is 10.0. The first-order valence-electron chi connectivity index (χ1n) is 12.6. The largest absolute Gasteiger partial charge is 0.480 e. The molecule has 0 aliphatic rings. The summed E-state index contributed by atoms with van der Waals surface area (Å²) < 4.78 is 0. The fourth-order valence-electron chi connectivity index (χ4n) is 4.04. The van der Waals surface area contributed by atoms with Gasteiger partial charge in [0.05, 0.1) is 18.5 Å². The average Bonchev–Trinajstić information content (AvgIpc) is 3.55. The number of para-hydroxylation sites is 1. The van der Waals surface area contributed by atoms with Crippen molar-refractivity contribution in [2.75, 3.05) is 0 Å². The second-order valence-corrected chi connectivity index (χ2v) is 9.80. The van der Waals surface area contributed by atoms with Crippen LogP contribution in [0.25, 0.3) is 10.9 Å². The van der Waals surface area contributed by atoms with E-state index >= 15 is 0 Å². The molecular weight excluding hydrogens is 506 g/mol. The molecule has 13 nitrogen and oxygen atoms in total. The van der Waals surface area contributed by atoms with Gasteiger partial charge in [-0.05, 0) is 24.5 Å². The number of aromatic amines is 2. The quantitative estimate of drug-likeness (QED) is 0.142. The van der Waals surface area contributed by atoms with Gasteiger partial charge in [0.1, 0.15) is 18.1 Å². The van der Waals surface area contributed by atoms with Crippen LogP contribution in [0.1, 0.15) is 32.0 Å². The van der Waals surface area contributed by atoms with Crippen molar-refractivity contribution >= 4 is 34.6 Å². The van der Waals surface area contributed by atoms with Crippen LogP contribution in [0.3, 0.4) is 0 Å². The molecule has 0 saturated heterocycles. The van der Waals surface area contributed by atoms with Gasteiger partial charge in [-0.1, -0.05) is 32.0 Å². The number of aliphatic hydroxyl groups excluding tert-OH is 1. The Bertz CT molecular complexity index is 1290. The Hall–Kier alpha value is -4.23. The monoisotopic (exact) mass is 541 g/mol. The normalized spacial score (nSPS) is 15.2. The summed E-state index contributed by atoms with van der Waals surface area (Å²) in [4.78, 5) is 60.8. The zero-order chi connectivity index (χ0) is 28.7. The number of aliphatic hydroxyl groups is 1. The molecule has 0 fully saturated rings. The second kappa shape index (κ2) is 13.0. The first-order chi connectivity index (χ1) is 18.5. The maximum Gasteiger partial charge on any atom is 0.326 e. The number of fused-ring (bicyclic) bond motifs is 1. The van der Waals surface area contributed by atoms with E-state index in [0.717, 1.165) is 10.9 Å². The van der Waals surface area contributed by atoms with Crippen LogP contribution in [0.15, 0.2) is 43.0 Å². The van der Waals surface area contributed by atoms with E-state index in [1.54, 1.807) is 20.0 Å². The fraction of sp³-hybridized carbons (Fsp3) is 0.423. The molecule has 3 amide bonds. The molecule has 0 radical (unpaired) electrons. The number of benzene rings is 1. The van der Waals surface area contributed by atoms with Crippen molar-refractivity contribution in [2.24, 2.45) is 11.7 Å². The fourth-order valence-corrected chi connectivity index (χ4v) is 4.04. The number of nitrogens with one attached hydrogen (secondary N) is 5. The molecule has 39 heavy (non-hydrogen) atoms. The maximum atomic E-state index is 13.3. The maximum absolute atomic E-state index is 13.3. The molecule has 2 heterocycles. The first-order valence-corrected chi connectivity index (χ1v) is 12.6. The van der Waals surface area contributed by atoms with E-state index in [2.05, 4.69) is 30.9 Å². The summed E-state index contributed by atoms with van der Waals surface area (Å²) in [6.45, 7) is 4.79. The number of imidazole rings is 1. The number of carbonyl (C=O) groups excluding carboxylic acids is 3. The van der Waals surface area contributed by atoms with Crippen molar-refractivity contribution < 1.29 is 29.4 Å². The van der Waals surface area contributed by atoms with Gasteiger partial charge < -0.3 is 41.9 Å². The molecule has 0 saturated carbocycles. The summed E-state index contributed by atoms with van der Waals surface area (Å²) in [7, 11) is 0. The minimum absolute atomic E-state index is 0.00470. The van der Waals surface area contributed by atoms with Gasteiger partial charge in [0, 0.05) is 41.8 Å². The minimum atomic E-state index is -1.40. The van der Waals surface area contributed by atoms with Crippen LogP contribution in [-0.4, -0.2) is 79.1 Å². The minimum Gasteiger partial charge on any atom is -0.480 e. The van der Waals surface area contributed by atoms with Crippen LogP contribution >= 0.6 is 0 Å². The SMILES string of the molecule is CC(C)C(N)C(=O)NC(C(=O)NC(Cc1cnc[nH]1)C(=O)NC(Cc1c[nH]c2ccccc12)C(=O)O)C(C)O. The number of aliphatic carboxylic acids is 1. The number of rotatable bonds is 13. The standard InChI is InChI=1S/C26H35N7O6/c1-13(2)21(27)24(36)33-22(14(3)34)25(37)31-19(9-16-11-28-12-30-16)23(35)32-20(26(38)39)8-15-10-29-18-7-5-4-6-17(15)18/h4-7,10-14,19-22,29,34H,8-9,27H2,1-3H3,(H,28,30)(H,31,37)(H,32,35)(H,33,36)(H,38,39). The number of hydrogen-bond donors (Lipinski definition) is 8. The Morgan fingerprint density at radius 3 is 2.26 bits per heavy atom. The molecule has 0 aliphatic carbocycles. The summed E-state index contributed by atoms with van der Waals surface area (Å²) >= 11 is 0. The molecule has 0 spiro atoms. The smallest absolute Gasteiger partial charge is 0.326 e. The topological polar surface area (TPSA) is 215 Å². The Labute approximate surface area is 225 Å². The Kier molecular flexibility index (Phi) is 9.79. The number of hydrogen-bond acceptors (Lipinski definition) is 7. The van der Waals surface area contributed by atoms with Crippen LogP contribution in [-0.2, 0) is 32.0 Å². The molecule has 210 valence electrons. The summed E-state index contributed by atoms with van der Waals surface area (Å²) in [5, 5.41) is 28.3. The van der Waals surface area contributed by atoms with Gasteiger partial charge in [-0.2, -0.15) is 0 Å². The Morgan fingerprint density at radius 1 is 0.949 bits per heavy atom. The summed E-state index contributed by atoms with van der Waals surface area (Å²) in [5.74, 6) is -3.70. The second-order valence-electron chi connectivity index (χ2n) is 9.80. The van der Waals surface area contributed by atoms with Crippen molar-refractivity contribution in [1.29, 1.82) is 0 Å². The van der Waals surface area contributed by atoms with Gasteiger partial charge >= 0.3 is 5.97 Å². The van der Waals surface area contributed by atoms with Gasteiger partial charge in [0.2, 0.25) is 17.7 Å². The molecule has 0 aliphatic heterocycles. The lowest BCUT2D eigenvalue weighted by molar-refractivity contribution is -0.142. The first kappa shape index (κ1) is 29.3. The van der Waals surface area contributed by atoms with Gasteiger partial charge in [0.25, 0.3) is 0 Å². The highest BCUT2D eigenvalue weighted by Crippen LogP contribution is 2.19. The van der Waals surface area contributed by atoms with E-state index in [4.69, 9.17) is 5.73 Å². The number of aromatic nitrogens is 3. The van der Waals surface area contributed by atoms with Crippen molar-refractivity contribution in [3.05, 3.63) is 54.2 Å². The van der Waals surface area contributed by atoms with Gasteiger partial charge in [-0.15, -0.1) is 0 Å². The van der Waals surface area contributed by atoms with Crippen LogP contribution in [0.2, 0.25) is 0 Å². The van der Waals surface area contributed by atoms with Crippen LogP contribution in [0.4, 0.5) is 0 Å². The third kappa shape index (κ3) is 7.65. The number of carboxylic acid groups (broad SMARTS) is 1. The van der Waals surface area contributed by atoms with Crippen LogP contribution in [0.5, 0.6) is 0 Å². The molecule has 3 aromatic rings. The molecule has 5 atom stereocenters. The summed E-state index contributed by atoms with van der Waals surface area (Å²) in [5.41, 5.74) is 7.89. The number of nitrogens with two attached hydrogens (primary N) is 1. The van der Waals surface area contributed by atoms with Crippen molar-refractivity contribution in [1.82, 2.24) is 30.9 Å². The van der Waals surface area contributed by atoms with E-state index < -0.39 is 54.0 Å². The predicted octanol–water partition coefficient (Wildman–Crippen LogP) is -0.421. The van der Waals surface area contributed by atoms with Crippen molar-refractivity contribution in [3.63, 3.8) is 0 Å². The van der Waals surface area contributed by atoms with Crippen LogP contribution in [0, 0.1) is 5.92 Å². The lowest BCUT2D eigenvalue weighted by Crippen LogP contribution is -2.60. The summed E-state index contributed by atoms with van der Waals surface area (Å²) in [6, 6.07) is 2.52. The highest BCUT2D eigenvalue weighted by atomic mass is 16.4. The Morgan fingerprint density at radius 2 is 1.64 bits per heavy atom. The molecular formula is C26H35N7O6.